The van der Waals surface area contributed by atoms with Gasteiger partial charge in [-0.1, -0.05) is 51.5 Å². The predicted octanol–water partition coefficient (Wildman–Crippen LogP) is 5.49. The molecule has 3 heteroatoms. The van der Waals surface area contributed by atoms with E-state index in [9.17, 15) is 0 Å². The Morgan fingerprint density at radius 1 is 0.833 bits per heavy atom. The summed E-state index contributed by atoms with van der Waals surface area (Å²) in [6, 6.07) is 12.4. The minimum absolute atomic E-state index is 0.358. The molecule has 0 saturated carbocycles. The van der Waals surface area contributed by atoms with Crippen LogP contribution in [0.4, 0.5) is 0 Å². The number of benzene rings is 2. The maximum Gasteiger partial charge on any atom is 0.231 e. The minimum Gasteiger partial charge on any atom is -0.493 e. The standard InChI is InChI=1S/C10H12O2.C9H10O.C2H6/c1-7(2)8-3-4-9-10(5-8)12-6-11-9;1-7-2-3-9-8(6-7)4-5-10-9;1-2/h3-5,7H,6H2,1-2H3;2-3,6H,4-5H2,1H3;1-2H3. The van der Waals surface area contributed by atoms with E-state index >= 15 is 0 Å². The highest BCUT2D eigenvalue weighted by molar-refractivity contribution is 5.45. The van der Waals surface area contributed by atoms with Crippen LogP contribution in [0.25, 0.3) is 0 Å². The molecule has 0 saturated heterocycles. The first-order valence-electron chi connectivity index (χ1n) is 8.75. The van der Waals surface area contributed by atoms with Gasteiger partial charge in [-0.05, 0) is 42.2 Å². The molecule has 0 aliphatic carbocycles. The SMILES string of the molecule is CC.CC(C)c1ccc2c(c1)OCO2.Cc1ccc2c(c1)CCO2. The van der Waals surface area contributed by atoms with Crippen LogP contribution in [0.2, 0.25) is 0 Å². The minimum atomic E-state index is 0.358. The Morgan fingerprint density at radius 2 is 1.54 bits per heavy atom. The van der Waals surface area contributed by atoms with Crippen molar-refractivity contribution in [3.05, 3.63) is 53.1 Å². The molecule has 0 aromatic heterocycles. The van der Waals surface area contributed by atoms with Crippen LogP contribution in [0, 0.1) is 6.92 Å². The van der Waals surface area contributed by atoms with Crippen molar-refractivity contribution in [3.63, 3.8) is 0 Å². The zero-order chi connectivity index (χ0) is 17.5. The quantitative estimate of drug-likeness (QED) is 0.692. The highest BCUT2D eigenvalue weighted by Gasteiger charge is 2.13. The van der Waals surface area contributed by atoms with Crippen LogP contribution in [-0.2, 0) is 6.42 Å². The Balaban J connectivity index is 0.000000160. The predicted molar refractivity (Wildman–Crippen MR) is 98.4 cm³/mol. The van der Waals surface area contributed by atoms with E-state index in [1.165, 1.54) is 16.7 Å². The first-order chi connectivity index (χ1) is 11.6. The molecule has 0 atom stereocenters. The molecule has 3 nitrogen and oxygen atoms in total. The van der Waals surface area contributed by atoms with Crippen LogP contribution >= 0.6 is 0 Å². The monoisotopic (exact) mass is 328 g/mol. The van der Waals surface area contributed by atoms with Gasteiger partial charge < -0.3 is 14.2 Å². The molecule has 0 amide bonds. The number of rotatable bonds is 1. The van der Waals surface area contributed by atoms with Gasteiger partial charge in [-0.2, -0.15) is 0 Å². The van der Waals surface area contributed by atoms with Gasteiger partial charge in [-0.3, -0.25) is 0 Å². The Morgan fingerprint density at radius 3 is 2.29 bits per heavy atom. The van der Waals surface area contributed by atoms with Gasteiger partial charge in [0.15, 0.2) is 11.5 Å². The lowest BCUT2D eigenvalue weighted by atomic mass is 10.0. The van der Waals surface area contributed by atoms with Gasteiger partial charge in [0.1, 0.15) is 5.75 Å². The number of fused-ring (bicyclic) bond motifs is 2. The third-order valence-corrected chi connectivity index (χ3v) is 3.91. The third kappa shape index (κ3) is 4.44. The van der Waals surface area contributed by atoms with Crippen molar-refractivity contribution in [1.82, 2.24) is 0 Å². The molecule has 0 unspecified atom stereocenters. The third-order valence-electron chi connectivity index (χ3n) is 3.91. The van der Waals surface area contributed by atoms with Gasteiger partial charge in [0.25, 0.3) is 0 Å². The lowest BCUT2D eigenvalue weighted by Gasteiger charge is -2.05. The zero-order valence-corrected chi connectivity index (χ0v) is 15.4. The average molecular weight is 328 g/mol. The van der Waals surface area contributed by atoms with Crippen LogP contribution in [0.5, 0.6) is 17.2 Å². The Kier molecular flexibility index (Phi) is 6.53. The molecule has 24 heavy (non-hydrogen) atoms. The maximum atomic E-state index is 5.35. The van der Waals surface area contributed by atoms with E-state index < -0.39 is 0 Å². The molecule has 0 bridgehead atoms. The summed E-state index contributed by atoms with van der Waals surface area (Å²) in [5.74, 6) is 3.35. The number of hydrogen-bond donors (Lipinski definition) is 0. The van der Waals surface area contributed by atoms with E-state index in [0.717, 1.165) is 30.3 Å². The molecular weight excluding hydrogens is 300 g/mol. The fraction of sp³-hybridized carbons (Fsp3) is 0.429. The topological polar surface area (TPSA) is 27.7 Å². The Labute approximate surface area is 145 Å². The van der Waals surface area contributed by atoms with E-state index in [0.29, 0.717) is 12.7 Å². The van der Waals surface area contributed by atoms with Crippen molar-refractivity contribution in [1.29, 1.82) is 0 Å². The van der Waals surface area contributed by atoms with Crippen molar-refractivity contribution in [3.8, 4) is 17.2 Å². The molecular formula is C21H28O3. The van der Waals surface area contributed by atoms with Gasteiger partial charge >= 0.3 is 0 Å². The van der Waals surface area contributed by atoms with Crippen molar-refractivity contribution in [2.24, 2.45) is 0 Å². The van der Waals surface area contributed by atoms with Crippen LogP contribution in [0.15, 0.2) is 36.4 Å². The van der Waals surface area contributed by atoms with Crippen molar-refractivity contribution < 1.29 is 14.2 Å². The molecule has 2 heterocycles. The Hall–Kier alpha value is -2.16. The number of hydrogen-bond acceptors (Lipinski definition) is 3. The summed E-state index contributed by atoms with van der Waals surface area (Å²) >= 11 is 0. The van der Waals surface area contributed by atoms with Crippen LogP contribution in [-0.4, -0.2) is 13.4 Å². The lowest BCUT2D eigenvalue weighted by Crippen LogP contribution is -1.93. The maximum absolute atomic E-state index is 5.35. The molecule has 2 aromatic rings. The summed E-state index contributed by atoms with van der Waals surface area (Å²) in [5.41, 5.74) is 3.98. The fourth-order valence-corrected chi connectivity index (χ4v) is 2.59. The fourth-order valence-electron chi connectivity index (χ4n) is 2.59. The second kappa shape index (κ2) is 8.62. The molecule has 0 fully saturated rings. The molecule has 2 aliphatic rings. The summed E-state index contributed by atoms with van der Waals surface area (Å²) in [5, 5.41) is 0. The molecule has 130 valence electrons. The lowest BCUT2D eigenvalue weighted by molar-refractivity contribution is 0.174. The first kappa shape index (κ1) is 18.2. The molecule has 0 spiro atoms. The summed E-state index contributed by atoms with van der Waals surface area (Å²) < 4.78 is 15.8. The normalized spacial score (nSPS) is 13.2. The smallest absolute Gasteiger partial charge is 0.231 e. The van der Waals surface area contributed by atoms with Gasteiger partial charge in [0.2, 0.25) is 6.79 Å². The van der Waals surface area contributed by atoms with E-state index in [4.69, 9.17) is 14.2 Å². The highest BCUT2D eigenvalue weighted by Crippen LogP contribution is 2.34. The van der Waals surface area contributed by atoms with Crippen LogP contribution in [0.1, 0.15) is 50.3 Å². The van der Waals surface area contributed by atoms with Gasteiger partial charge in [-0.25, -0.2) is 0 Å². The molecule has 0 N–H and O–H groups in total. The average Bonchev–Trinajstić information content (AvgIpc) is 3.24. The van der Waals surface area contributed by atoms with Crippen molar-refractivity contribution in [2.45, 2.75) is 47.0 Å². The van der Waals surface area contributed by atoms with Crippen LogP contribution in [0.3, 0.4) is 0 Å². The molecule has 2 aromatic carbocycles. The van der Waals surface area contributed by atoms with E-state index in [1.807, 2.05) is 26.0 Å². The highest BCUT2D eigenvalue weighted by atomic mass is 16.7. The first-order valence-corrected chi connectivity index (χ1v) is 8.75. The largest absolute Gasteiger partial charge is 0.493 e. The van der Waals surface area contributed by atoms with Gasteiger partial charge in [0.05, 0.1) is 6.61 Å². The molecule has 0 radical (unpaired) electrons. The Bertz CT molecular complexity index is 662. The molecule has 2 aliphatic heterocycles. The summed E-state index contributed by atoms with van der Waals surface area (Å²) in [4.78, 5) is 0. The second-order valence-corrected chi connectivity index (χ2v) is 5.98. The zero-order valence-electron chi connectivity index (χ0n) is 15.4. The van der Waals surface area contributed by atoms with E-state index in [2.05, 4.69) is 45.0 Å². The number of aryl methyl sites for hydroxylation is 1. The summed E-state index contributed by atoms with van der Waals surface area (Å²) in [6.07, 6.45) is 1.08. The van der Waals surface area contributed by atoms with Crippen molar-refractivity contribution >= 4 is 0 Å². The molecule has 4 rings (SSSR count). The van der Waals surface area contributed by atoms with Crippen molar-refractivity contribution in [2.75, 3.05) is 13.4 Å². The second-order valence-electron chi connectivity index (χ2n) is 5.98. The van der Waals surface area contributed by atoms with Gasteiger partial charge in [0, 0.05) is 6.42 Å². The summed E-state index contributed by atoms with van der Waals surface area (Å²) in [7, 11) is 0. The number of ether oxygens (including phenoxy) is 3. The van der Waals surface area contributed by atoms with Gasteiger partial charge in [-0.15, -0.1) is 0 Å². The van der Waals surface area contributed by atoms with E-state index in [1.54, 1.807) is 0 Å². The van der Waals surface area contributed by atoms with Crippen LogP contribution < -0.4 is 14.2 Å². The van der Waals surface area contributed by atoms with E-state index in [-0.39, 0.29) is 0 Å². The summed E-state index contributed by atoms with van der Waals surface area (Å²) in [6.45, 7) is 11.7.